The predicted molar refractivity (Wildman–Crippen MR) is 124 cm³/mol. The van der Waals surface area contributed by atoms with Gasteiger partial charge in [-0.25, -0.2) is 12.8 Å². The largest absolute Gasteiger partial charge is 0.323 e. The molecule has 0 spiro atoms. The van der Waals surface area contributed by atoms with E-state index in [1.54, 1.807) is 28.8 Å². The zero-order valence-electron chi connectivity index (χ0n) is 17.9. The number of aromatic nitrogens is 3. The van der Waals surface area contributed by atoms with Crippen molar-refractivity contribution in [3.63, 3.8) is 0 Å². The van der Waals surface area contributed by atoms with E-state index in [4.69, 9.17) is 0 Å². The van der Waals surface area contributed by atoms with Crippen molar-refractivity contribution in [2.75, 3.05) is 21.6 Å². The van der Waals surface area contributed by atoms with E-state index >= 15 is 0 Å². The Kier molecular flexibility index (Phi) is 7.52. The Morgan fingerprint density at radius 1 is 1.16 bits per heavy atom. The summed E-state index contributed by atoms with van der Waals surface area (Å²) in [4.78, 5) is 12.2. The van der Waals surface area contributed by atoms with Crippen LogP contribution in [0.2, 0.25) is 0 Å². The molecule has 2 aromatic carbocycles. The van der Waals surface area contributed by atoms with Crippen LogP contribution in [0.4, 0.5) is 15.8 Å². The number of amides is 1. The van der Waals surface area contributed by atoms with Gasteiger partial charge in [-0.05, 0) is 38.1 Å². The summed E-state index contributed by atoms with van der Waals surface area (Å²) in [7, 11) is -3.56. The van der Waals surface area contributed by atoms with Gasteiger partial charge in [0, 0.05) is 6.54 Å². The topological polar surface area (TPSA) is 97.2 Å². The van der Waals surface area contributed by atoms with Crippen LogP contribution in [-0.4, -0.2) is 41.1 Å². The van der Waals surface area contributed by atoms with Crippen LogP contribution < -0.4 is 9.62 Å². The third-order valence-electron chi connectivity index (χ3n) is 4.60. The molecule has 0 unspecified atom stereocenters. The van der Waals surface area contributed by atoms with Gasteiger partial charge in [-0.3, -0.25) is 9.10 Å². The van der Waals surface area contributed by atoms with Crippen molar-refractivity contribution in [2.45, 2.75) is 32.1 Å². The molecule has 0 atom stereocenters. The van der Waals surface area contributed by atoms with E-state index in [1.165, 1.54) is 16.4 Å². The zero-order valence-corrected chi connectivity index (χ0v) is 19.6. The second-order valence-electron chi connectivity index (χ2n) is 7.06. The normalized spacial score (nSPS) is 11.4. The van der Waals surface area contributed by atoms with E-state index in [2.05, 4.69) is 15.5 Å². The molecule has 0 fully saturated rings. The van der Waals surface area contributed by atoms with Gasteiger partial charge >= 0.3 is 0 Å². The summed E-state index contributed by atoms with van der Waals surface area (Å²) < 4.78 is 41.6. The molecule has 0 radical (unpaired) electrons. The van der Waals surface area contributed by atoms with Crippen LogP contribution in [0.3, 0.4) is 0 Å². The molecule has 0 aliphatic carbocycles. The molecule has 0 aliphatic rings. The molecule has 8 nitrogen and oxygen atoms in total. The van der Waals surface area contributed by atoms with Crippen LogP contribution >= 0.6 is 11.8 Å². The summed E-state index contributed by atoms with van der Waals surface area (Å²) in [5.41, 5.74) is 1.66. The van der Waals surface area contributed by atoms with Crippen molar-refractivity contribution < 1.29 is 17.6 Å². The van der Waals surface area contributed by atoms with Crippen LogP contribution in [0.5, 0.6) is 0 Å². The molecule has 1 heterocycles. The Morgan fingerprint density at radius 2 is 1.84 bits per heavy atom. The lowest BCUT2D eigenvalue weighted by Crippen LogP contribution is -2.30. The van der Waals surface area contributed by atoms with Crippen LogP contribution in [0.15, 0.2) is 53.7 Å². The smallest absolute Gasteiger partial charge is 0.234 e. The second-order valence-corrected chi connectivity index (χ2v) is 9.91. The minimum atomic E-state index is -3.56. The van der Waals surface area contributed by atoms with Crippen LogP contribution in [0, 0.1) is 12.7 Å². The first kappa shape index (κ1) is 23.7. The summed E-state index contributed by atoms with van der Waals surface area (Å²) in [5.74, 6) is -0.442. The highest BCUT2D eigenvalue weighted by Gasteiger charge is 2.22. The van der Waals surface area contributed by atoms with Gasteiger partial charge in [0.05, 0.1) is 29.9 Å². The maximum Gasteiger partial charge on any atom is 0.234 e. The number of carbonyl (C=O) groups is 1. The number of thioether (sulfide) groups is 1. The molecular formula is C21H24FN5O3S2. The number of carbonyl (C=O) groups excluding carboxylic acids is 1. The molecule has 1 N–H and O–H groups in total. The van der Waals surface area contributed by atoms with Crippen molar-refractivity contribution in [3.05, 3.63) is 65.7 Å². The molecule has 32 heavy (non-hydrogen) atoms. The molecule has 1 amide bonds. The van der Waals surface area contributed by atoms with E-state index in [0.717, 1.165) is 23.6 Å². The van der Waals surface area contributed by atoms with Crippen LogP contribution in [0.25, 0.3) is 0 Å². The lowest BCUT2D eigenvalue weighted by atomic mass is 10.2. The number of hydrogen-bond donors (Lipinski definition) is 1. The number of para-hydroxylation sites is 1. The number of nitrogens with zero attached hydrogens (tertiary/aromatic N) is 4. The summed E-state index contributed by atoms with van der Waals surface area (Å²) in [6.45, 7) is 4.30. The lowest BCUT2D eigenvalue weighted by Gasteiger charge is -2.22. The van der Waals surface area contributed by atoms with Gasteiger partial charge in [-0.2, -0.15) is 0 Å². The second kappa shape index (κ2) is 10.1. The number of nitrogens with one attached hydrogen (secondary N) is 1. The van der Waals surface area contributed by atoms with Crippen molar-refractivity contribution in [3.8, 4) is 0 Å². The van der Waals surface area contributed by atoms with Crippen molar-refractivity contribution >= 4 is 39.1 Å². The molecule has 0 saturated heterocycles. The van der Waals surface area contributed by atoms with Gasteiger partial charge in [0.2, 0.25) is 15.9 Å². The highest BCUT2D eigenvalue weighted by atomic mass is 32.2. The van der Waals surface area contributed by atoms with Crippen LogP contribution in [0.1, 0.15) is 18.3 Å². The average molecular weight is 478 g/mol. The highest BCUT2D eigenvalue weighted by molar-refractivity contribution is 7.99. The number of benzene rings is 2. The minimum absolute atomic E-state index is 0.000219. The number of halogens is 1. The van der Waals surface area contributed by atoms with Gasteiger partial charge < -0.3 is 9.88 Å². The monoisotopic (exact) mass is 477 g/mol. The van der Waals surface area contributed by atoms with Crippen molar-refractivity contribution in [1.82, 2.24) is 14.8 Å². The first-order valence-electron chi connectivity index (χ1n) is 9.82. The third-order valence-corrected chi connectivity index (χ3v) is 6.70. The molecule has 170 valence electrons. The maximum atomic E-state index is 13.7. The number of rotatable bonds is 9. The number of anilines is 2. The number of hydrogen-bond acceptors (Lipinski definition) is 6. The molecule has 0 aliphatic heterocycles. The molecular weight excluding hydrogens is 453 g/mol. The fourth-order valence-corrected chi connectivity index (χ4v) is 4.65. The van der Waals surface area contributed by atoms with E-state index in [-0.39, 0.29) is 23.9 Å². The van der Waals surface area contributed by atoms with Crippen LogP contribution in [-0.2, 0) is 27.9 Å². The highest BCUT2D eigenvalue weighted by Crippen LogP contribution is 2.23. The predicted octanol–water partition coefficient (Wildman–Crippen LogP) is 3.44. The van der Waals surface area contributed by atoms with E-state index in [1.807, 2.05) is 26.0 Å². The third kappa shape index (κ3) is 5.86. The summed E-state index contributed by atoms with van der Waals surface area (Å²) in [6.07, 6.45) is 1.14. The van der Waals surface area contributed by atoms with Gasteiger partial charge in [-0.1, -0.05) is 41.6 Å². The van der Waals surface area contributed by atoms with E-state index in [9.17, 15) is 17.6 Å². The zero-order chi connectivity index (χ0) is 23.3. The fourth-order valence-electron chi connectivity index (χ4n) is 2.98. The SMILES string of the molecule is CCn1c(CN(c2ccc(C)cc2)S(C)(=O)=O)nnc1SCC(=O)Nc1ccccc1F. The molecule has 3 aromatic rings. The molecule has 1 aromatic heterocycles. The molecule has 11 heteroatoms. The van der Waals surface area contributed by atoms with E-state index in [0.29, 0.717) is 23.2 Å². The quantitative estimate of drug-likeness (QED) is 0.474. The lowest BCUT2D eigenvalue weighted by molar-refractivity contribution is -0.113. The van der Waals surface area contributed by atoms with Gasteiger partial charge in [-0.15, -0.1) is 10.2 Å². The Hall–Kier alpha value is -2.92. The molecule has 3 rings (SSSR count). The Bertz CT molecular complexity index is 1200. The molecule has 0 saturated carbocycles. The van der Waals surface area contributed by atoms with Crippen molar-refractivity contribution in [2.24, 2.45) is 0 Å². The van der Waals surface area contributed by atoms with Gasteiger partial charge in [0.25, 0.3) is 0 Å². The Labute approximate surface area is 190 Å². The van der Waals surface area contributed by atoms with Gasteiger partial charge in [0.15, 0.2) is 11.0 Å². The average Bonchev–Trinajstić information content (AvgIpc) is 3.14. The minimum Gasteiger partial charge on any atom is -0.323 e. The van der Waals surface area contributed by atoms with Gasteiger partial charge in [0.1, 0.15) is 5.82 Å². The summed E-state index contributed by atoms with van der Waals surface area (Å²) in [5, 5.41) is 11.3. The molecule has 0 bridgehead atoms. The standard InChI is InChI=1S/C21H24FN5O3S2/c1-4-26-19(13-27(32(3,29)30)16-11-9-15(2)10-12-16)24-25-21(26)31-14-20(28)23-18-8-6-5-7-17(18)22/h5-12H,4,13-14H2,1-3H3,(H,23,28). The first-order valence-corrected chi connectivity index (χ1v) is 12.7. The van der Waals surface area contributed by atoms with Crippen molar-refractivity contribution in [1.29, 1.82) is 0 Å². The fraction of sp³-hybridized carbons (Fsp3) is 0.286. The summed E-state index contributed by atoms with van der Waals surface area (Å²) >= 11 is 1.14. The number of sulfonamides is 1. The summed E-state index contributed by atoms with van der Waals surface area (Å²) in [6, 6.07) is 13.1. The Balaban J connectivity index is 1.74. The van der Waals surface area contributed by atoms with E-state index < -0.39 is 15.8 Å². The first-order chi connectivity index (χ1) is 15.2. The number of aryl methyl sites for hydroxylation is 1. The Morgan fingerprint density at radius 3 is 2.47 bits per heavy atom. The maximum absolute atomic E-state index is 13.7.